The highest BCUT2D eigenvalue weighted by atomic mass is 127. The number of hydrogen-bond acceptors (Lipinski definition) is 4. The molecule has 0 spiro atoms. The van der Waals surface area contributed by atoms with Crippen LogP contribution in [0.15, 0.2) is 47.5 Å². The third kappa shape index (κ3) is 8.22. The van der Waals surface area contributed by atoms with Gasteiger partial charge in [0.05, 0.1) is 26.9 Å². The molecule has 1 saturated heterocycles. The molecule has 0 aromatic heterocycles. The second-order valence-electron chi connectivity index (χ2n) is 7.55. The fourth-order valence-electron chi connectivity index (χ4n) is 3.33. The topological polar surface area (TPSA) is 64.1 Å². The van der Waals surface area contributed by atoms with Gasteiger partial charge in [-0.3, -0.25) is 0 Å². The van der Waals surface area contributed by atoms with Crippen LogP contribution in [0.4, 0.5) is 0 Å². The van der Waals surface area contributed by atoms with Crippen molar-refractivity contribution < 1.29 is 14.2 Å². The SMILES string of the molecule is CCNC(=NCc1cccc(OC)c1)NCc1ccc(C)cc1OCC1CCOC1.I. The molecule has 170 valence electrons. The first kappa shape index (κ1) is 25.3. The molecule has 2 aromatic rings. The first-order valence-electron chi connectivity index (χ1n) is 10.6. The molecule has 0 radical (unpaired) electrons. The molecule has 0 bridgehead atoms. The van der Waals surface area contributed by atoms with Crippen molar-refractivity contribution in [3.8, 4) is 11.5 Å². The van der Waals surface area contributed by atoms with E-state index in [1.165, 1.54) is 5.56 Å². The average Bonchev–Trinajstić information content (AvgIpc) is 3.29. The number of nitrogens with zero attached hydrogens (tertiary/aromatic N) is 1. The summed E-state index contributed by atoms with van der Waals surface area (Å²) in [7, 11) is 1.68. The summed E-state index contributed by atoms with van der Waals surface area (Å²) in [5.74, 6) is 3.02. The maximum absolute atomic E-state index is 6.15. The van der Waals surface area contributed by atoms with Gasteiger partial charge in [-0.2, -0.15) is 0 Å². The van der Waals surface area contributed by atoms with Crippen molar-refractivity contribution in [1.29, 1.82) is 0 Å². The molecular formula is C24H34IN3O3. The molecule has 1 unspecified atom stereocenters. The summed E-state index contributed by atoms with van der Waals surface area (Å²) in [5, 5.41) is 6.74. The summed E-state index contributed by atoms with van der Waals surface area (Å²) in [5.41, 5.74) is 3.41. The van der Waals surface area contributed by atoms with Gasteiger partial charge in [0.2, 0.25) is 0 Å². The summed E-state index contributed by atoms with van der Waals surface area (Å²) in [6.45, 7) is 8.48. The van der Waals surface area contributed by atoms with Crippen molar-refractivity contribution in [2.75, 3.05) is 33.5 Å². The van der Waals surface area contributed by atoms with Crippen LogP contribution in [-0.4, -0.2) is 39.4 Å². The Hall–Kier alpha value is -2.00. The van der Waals surface area contributed by atoms with Gasteiger partial charge in [0.15, 0.2) is 5.96 Å². The molecule has 0 saturated carbocycles. The third-order valence-electron chi connectivity index (χ3n) is 5.07. The zero-order chi connectivity index (χ0) is 21.2. The number of benzene rings is 2. The van der Waals surface area contributed by atoms with E-state index < -0.39 is 0 Å². The van der Waals surface area contributed by atoms with E-state index in [-0.39, 0.29) is 24.0 Å². The molecular weight excluding hydrogens is 505 g/mol. The van der Waals surface area contributed by atoms with Crippen LogP contribution in [-0.2, 0) is 17.8 Å². The second kappa shape index (κ2) is 13.4. The first-order chi connectivity index (χ1) is 14.7. The number of guanidine groups is 1. The normalized spacial score (nSPS) is 15.8. The molecule has 0 aliphatic carbocycles. The quantitative estimate of drug-likeness (QED) is 0.283. The van der Waals surface area contributed by atoms with Crippen LogP contribution in [0.2, 0.25) is 0 Å². The molecule has 0 amide bonds. The van der Waals surface area contributed by atoms with Gasteiger partial charge in [0.1, 0.15) is 11.5 Å². The first-order valence-corrected chi connectivity index (χ1v) is 10.6. The van der Waals surface area contributed by atoms with Crippen molar-refractivity contribution in [3.05, 3.63) is 59.2 Å². The van der Waals surface area contributed by atoms with E-state index >= 15 is 0 Å². The molecule has 1 aliphatic rings. The molecule has 3 rings (SSSR count). The predicted molar refractivity (Wildman–Crippen MR) is 136 cm³/mol. The fraction of sp³-hybridized carbons (Fsp3) is 0.458. The van der Waals surface area contributed by atoms with E-state index in [9.17, 15) is 0 Å². The lowest BCUT2D eigenvalue weighted by molar-refractivity contribution is 0.166. The number of ether oxygens (including phenoxy) is 3. The van der Waals surface area contributed by atoms with E-state index in [0.717, 1.165) is 54.8 Å². The Bertz CT molecular complexity index is 839. The minimum atomic E-state index is 0. The van der Waals surface area contributed by atoms with Gasteiger partial charge in [-0.05, 0) is 49.6 Å². The minimum absolute atomic E-state index is 0. The highest BCUT2D eigenvalue weighted by Gasteiger charge is 2.17. The van der Waals surface area contributed by atoms with Crippen molar-refractivity contribution in [2.24, 2.45) is 10.9 Å². The van der Waals surface area contributed by atoms with Crippen LogP contribution in [0, 0.1) is 12.8 Å². The Balaban J connectivity index is 0.00000341. The number of nitrogens with one attached hydrogen (secondary N) is 2. The molecule has 2 N–H and O–H groups in total. The highest BCUT2D eigenvalue weighted by molar-refractivity contribution is 14.0. The Morgan fingerprint density at radius 2 is 2.06 bits per heavy atom. The average molecular weight is 539 g/mol. The van der Waals surface area contributed by atoms with Crippen molar-refractivity contribution >= 4 is 29.9 Å². The van der Waals surface area contributed by atoms with E-state index in [1.807, 2.05) is 24.3 Å². The Kier molecular flexibility index (Phi) is 10.9. The Morgan fingerprint density at radius 1 is 1.19 bits per heavy atom. The molecule has 7 heteroatoms. The predicted octanol–water partition coefficient (Wildman–Crippen LogP) is 4.29. The summed E-state index contributed by atoms with van der Waals surface area (Å²) in [6, 6.07) is 14.3. The zero-order valence-corrected chi connectivity index (χ0v) is 21.0. The number of aliphatic imine (C=N–C) groups is 1. The second-order valence-corrected chi connectivity index (χ2v) is 7.55. The van der Waals surface area contributed by atoms with Gasteiger partial charge in [0, 0.05) is 31.2 Å². The van der Waals surface area contributed by atoms with E-state index in [1.54, 1.807) is 7.11 Å². The standard InChI is InChI=1S/C24H33N3O3.HI/c1-4-25-24(26-14-19-6-5-7-22(13-19)28-3)27-15-21-9-8-18(2)12-23(21)30-17-20-10-11-29-16-20;/h5-9,12-13,20H,4,10-11,14-17H2,1-3H3,(H2,25,26,27);1H. The van der Waals surface area contributed by atoms with Gasteiger partial charge in [-0.25, -0.2) is 4.99 Å². The van der Waals surface area contributed by atoms with Gasteiger partial charge in [-0.1, -0.05) is 24.3 Å². The minimum Gasteiger partial charge on any atom is -0.497 e. The van der Waals surface area contributed by atoms with Crippen LogP contribution in [0.3, 0.4) is 0 Å². The van der Waals surface area contributed by atoms with E-state index in [4.69, 9.17) is 19.2 Å². The smallest absolute Gasteiger partial charge is 0.191 e. The van der Waals surface area contributed by atoms with Gasteiger partial charge in [-0.15, -0.1) is 24.0 Å². The molecule has 6 nitrogen and oxygen atoms in total. The van der Waals surface area contributed by atoms with Crippen LogP contribution in [0.5, 0.6) is 11.5 Å². The number of methoxy groups -OCH3 is 1. The summed E-state index contributed by atoms with van der Waals surface area (Å²) in [6.07, 6.45) is 1.07. The number of rotatable bonds is 9. The molecule has 1 atom stereocenters. The Morgan fingerprint density at radius 3 is 2.81 bits per heavy atom. The molecule has 31 heavy (non-hydrogen) atoms. The maximum Gasteiger partial charge on any atom is 0.191 e. The third-order valence-corrected chi connectivity index (χ3v) is 5.07. The number of halogens is 1. The summed E-state index contributed by atoms with van der Waals surface area (Å²) < 4.78 is 16.9. The van der Waals surface area contributed by atoms with Gasteiger partial charge < -0.3 is 24.8 Å². The lowest BCUT2D eigenvalue weighted by Crippen LogP contribution is -2.36. The number of aryl methyl sites for hydroxylation is 1. The monoisotopic (exact) mass is 539 g/mol. The van der Waals surface area contributed by atoms with Crippen LogP contribution in [0.25, 0.3) is 0 Å². The fourth-order valence-corrected chi connectivity index (χ4v) is 3.33. The zero-order valence-electron chi connectivity index (χ0n) is 18.6. The molecule has 1 fully saturated rings. The molecule has 2 aromatic carbocycles. The van der Waals surface area contributed by atoms with Crippen molar-refractivity contribution in [3.63, 3.8) is 0 Å². The number of hydrogen-bond donors (Lipinski definition) is 2. The van der Waals surface area contributed by atoms with Crippen molar-refractivity contribution in [1.82, 2.24) is 10.6 Å². The van der Waals surface area contributed by atoms with Crippen molar-refractivity contribution in [2.45, 2.75) is 33.4 Å². The van der Waals surface area contributed by atoms with E-state index in [2.05, 4.69) is 42.7 Å². The summed E-state index contributed by atoms with van der Waals surface area (Å²) >= 11 is 0. The largest absolute Gasteiger partial charge is 0.497 e. The highest BCUT2D eigenvalue weighted by Crippen LogP contribution is 2.22. The van der Waals surface area contributed by atoms with Crippen LogP contribution < -0.4 is 20.1 Å². The van der Waals surface area contributed by atoms with Crippen LogP contribution in [0.1, 0.15) is 30.0 Å². The molecule has 1 heterocycles. The van der Waals surface area contributed by atoms with Crippen LogP contribution >= 0.6 is 24.0 Å². The van der Waals surface area contributed by atoms with E-state index in [0.29, 0.717) is 25.6 Å². The Labute approximate surface area is 202 Å². The molecule has 1 aliphatic heterocycles. The lowest BCUT2D eigenvalue weighted by Gasteiger charge is -2.17. The lowest BCUT2D eigenvalue weighted by atomic mass is 10.1. The van der Waals surface area contributed by atoms with Gasteiger partial charge >= 0.3 is 0 Å². The summed E-state index contributed by atoms with van der Waals surface area (Å²) in [4.78, 5) is 4.71. The van der Waals surface area contributed by atoms with Gasteiger partial charge in [0.25, 0.3) is 0 Å². The maximum atomic E-state index is 6.15.